The molecule has 140 valence electrons. The fourth-order valence-electron chi connectivity index (χ4n) is 4.62. The van der Waals surface area contributed by atoms with Crippen LogP contribution in [0.2, 0.25) is 0 Å². The van der Waals surface area contributed by atoms with E-state index in [9.17, 15) is 5.21 Å². The molecule has 0 saturated carbocycles. The Bertz CT molecular complexity index is 716. The van der Waals surface area contributed by atoms with Gasteiger partial charge >= 0.3 is 0 Å². The molecule has 3 heteroatoms. The third kappa shape index (κ3) is 4.19. The molecule has 0 aliphatic carbocycles. The number of hydrogen-bond donors (Lipinski definition) is 1. The Hall–Kier alpha value is -1.21. The summed E-state index contributed by atoms with van der Waals surface area (Å²) in [6, 6.07) is 17.8. The van der Waals surface area contributed by atoms with Gasteiger partial charge < -0.3 is 5.21 Å². The van der Waals surface area contributed by atoms with Gasteiger partial charge in [0.25, 0.3) is 0 Å². The molecule has 2 aromatic carbocycles. The maximum atomic E-state index is 10.5. The van der Waals surface area contributed by atoms with Crippen molar-refractivity contribution in [3.8, 4) is 11.1 Å². The Balaban J connectivity index is 1.71. The summed E-state index contributed by atoms with van der Waals surface area (Å²) in [4.78, 5) is 0. The number of benzene rings is 2. The molecule has 0 spiro atoms. The van der Waals surface area contributed by atoms with Crippen molar-refractivity contribution in [2.75, 3.05) is 0 Å². The maximum absolute atomic E-state index is 10.5. The highest BCUT2D eigenvalue weighted by atomic mass is 31.0. The number of nitrogens with zero attached hydrogens (tertiary/aromatic N) is 1. The van der Waals surface area contributed by atoms with Crippen LogP contribution in [0, 0.1) is 5.92 Å². The van der Waals surface area contributed by atoms with Crippen molar-refractivity contribution in [1.82, 2.24) is 5.06 Å². The lowest BCUT2D eigenvalue weighted by atomic mass is 9.73. The lowest BCUT2D eigenvalue weighted by Crippen LogP contribution is -2.59. The Morgan fingerprint density at radius 3 is 1.69 bits per heavy atom. The third-order valence-corrected chi connectivity index (χ3v) is 6.20. The van der Waals surface area contributed by atoms with E-state index in [0.717, 1.165) is 25.4 Å². The second kappa shape index (κ2) is 7.43. The molecule has 1 aliphatic heterocycles. The van der Waals surface area contributed by atoms with Crippen LogP contribution in [0.5, 0.6) is 0 Å². The summed E-state index contributed by atoms with van der Waals surface area (Å²) in [7, 11) is 2.77. The smallest absolute Gasteiger partial charge is 0.0413 e. The van der Waals surface area contributed by atoms with Crippen molar-refractivity contribution in [3.05, 3.63) is 59.7 Å². The second-order valence-corrected chi connectivity index (χ2v) is 9.42. The maximum Gasteiger partial charge on any atom is 0.0413 e. The van der Waals surface area contributed by atoms with E-state index >= 15 is 0 Å². The van der Waals surface area contributed by atoms with E-state index in [-0.39, 0.29) is 11.1 Å². The minimum absolute atomic E-state index is 0.175. The van der Waals surface area contributed by atoms with Crippen LogP contribution in [0.25, 0.3) is 11.1 Å². The van der Waals surface area contributed by atoms with Crippen LogP contribution in [0.1, 0.15) is 51.7 Å². The van der Waals surface area contributed by atoms with E-state index in [1.54, 1.807) is 5.06 Å². The molecule has 1 heterocycles. The van der Waals surface area contributed by atoms with E-state index in [2.05, 4.69) is 85.5 Å². The molecular formula is C23H32NOP. The molecule has 1 atom stereocenters. The Kier molecular flexibility index (Phi) is 5.58. The van der Waals surface area contributed by atoms with Gasteiger partial charge in [0.1, 0.15) is 0 Å². The molecule has 2 nitrogen and oxygen atoms in total. The lowest BCUT2D eigenvalue weighted by molar-refractivity contribution is -0.250. The average Bonchev–Trinajstić information content (AvgIpc) is 2.60. The predicted molar refractivity (Wildman–Crippen MR) is 114 cm³/mol. The molecule has 0 aromatic heterocycles. The van der Waals surface area contributed by atoms with E-state index in [1.807, 2.05) is 0 Å². The molecule has 3 rings (SSSR count). The van der Waals surface area contributed by atoms with Gasteiger partial charge in [-0.25, -0.2) is 0 Å². The van der Waals surface area contributed by atoms with Gasteiger partial charge in [0, 0.05) is 11.1 Å². The van der Waals surface area contributed by atoms with Crippen molar-refractivity contribution in [2.45, 2.75) is 64.2 Å². The summed E-state index contributed by atoms with van der Waals surface area (Å²) in [6.45, 7) is 8.57. The third-order valence-electron chi connectivity index (χ3n) is 5.72. The van der Waals surface area contributed by atoms with Gasteiger partial charge in [0.2, 0.25) is 0 Å². The standard InChI is InChI=1S/C23H32NOP/c1-22(2)14-19(15-23(3,4)24(22)25)13-17-5-9-20(10-6-17)21-11-7-18(16-26)8-12-21/h5-12,19,25H,13-16,26H2,1-4H3. The molecule has 26 heavy (non-hydrogen) atoms. The van der Waals surface area contributed by atoms with Crippen molar-refractivity contribution in [2.24, 2.45) is 5.92 Å². The first-order chi connectivity index (χ1) is 12.2. The highest BCUT2D eigenvalue weighted by Crippen LogP contribution is 2.41. The van der Waals surface area contributed by atoms with Gasteiger partial charge in [0.15, 0.2) is 0 Å². The SMILES string of the molecule is CC1(C)CC(Cc2ccc(-c3ccc(CP)cc3)cc2)CC(C)(C)N1O. The lowest BCUT2D eigenvalue weighted by Gasteiger charge is -2.51. The quantitative estimate of drug-likeness (QED) is 0.675. The number of rotatable bonds is 4. The summed E-state index contributed by atoms with van der Waals surface area (Å²) in [5.74, 6) is 0.593. The summed E-state index contributed by atoms with van der Waals surface area (Å²) in [5, 5.41) is 12.0. The van der Waals surface area contributed by atoms with E-state index in [1.165, 1.54) is 22.3 Å². The molecule has 1 saturated heterocycles. The molecule has 0 radical (unpaired) electrons. The topological polar surface area (TPSA) is 23.5 Å². The monoisotopic (exact) mass is 369 g/mol. The normalized spacial score (nSPS) is 20.2. The molecule has 0 bridgehead atoms. The minimum Gasteiger partial charge on any atom is -0.313 e. The van der Waals surface area contributed by atoms with Crippen LogP contribution in [-0.2, 0) is 12.6 Å². The zero-order valence-electron chi connectivity index (χ0n) is 16.5. The van der Waals surface area contributed by atoms with Crippen LogP contribution >= 0.6 is 9.24 Å². The first kappa shape index (κ1) is 19.5. The Morgan fingerprint density at radius 2 is 1.27 bits per heavy atom. The average molecular weight is 369 g/mol. The molecule has 0 amide bonds. The van der Waals surface area contributed by atoms with Gasteiger partial charge in [-0.15, -0.1) is 9.24 Å². The number of hydrogen-bond acceptors (Lipinski definition) is 2. The van der Waals surface area contributed by atoms with Crippen LogP contribution in [-0.4, -0.2) is 21.3 Å². The van der Waals surface area contributed by atoms with Crippen molar-refractivity contribution in [1.29, 1.82) is 0 Å². The fourth-order valence-corrected chi connectivity index (χ4v) is 4.89. The van der Waals surface area contributed by atoms with Gasteiger partial charge in [-0.3, -0.25) is 0 Å². The van der Waals surface area contributed by atoms with Crippen LogP contribution in [0.3, 0.4) is 0 Å². The summed E-state index contributed by atoms with van der Waals surface area (Å²) >= 11 is 0. The van der Waals surface area contributed by atoms with Gasteiger partial charge in [-0.2, -0.15) is 5.06 Å². The van der Waals surface area contributed by atoms with Crippen molar-refractivity contribution in [3.63, 3.8) is 0 Å². The zero-order valence-corrected chi connectivity index (χ0v) is 17.7. The van der Waals surface area contributed by atoms with Crippen molar-refractivity contribution >= 4 is 9.24 Å². The van der Waals surface area contributed by atoms with E-state index < -0.39 is 0 Å². The van der Waals surface area contributed by atoms with Gasteiger partial charge in [-0.1, -0.05) is 48.5 Å². The Morgan fingerprint density at radius 1 is 0.846 bits per heavy atom. The van der Waals surface area contributed by atoms with Gasteiger partial charge in [-0.05, 0) is 81.3 Å². The molecule has 1 fully saturated rings. The molecule has 1 N–H and O–H groups in total. The van der Waals surface area contributed by atoms with E-state index in [0.29, 0.717) is 5.92 Å². The zero-order chi connectivity index (χ0) is 18.9. The summed E-state index contributed by atoms with van der Waals surface area (Å²) < 4.78 is 0. The van der Waals surface area contributed by atoms with Crippen LogP contribution < -0.4 is 0 Å². The largest absolute Gasteiger partial charge is 0.313 e. The number of piperidine rings is 1. The fraction of sp³-hybridized carbons (Fsp3) is 0.478. The van der Waals surface area contributed by atoms with Crippen LogP contribution in [0.15, 0.2) is 48.5 Å². The highest BCUT2D eigenvalue weighted by Gasteiger charge is 2.44. The van der Waals surface area contributed by atoms with E-state index in [4.69, 9.17) is 0 Å². The second-order valence-electron chi connectivity index (χ2n) is 9.01. The van der Waals surface area contributed by atoms with Gasteiger partial charge in [0.05, 0.1) is 0 Å². The first-order valence-electron chi connectivity index (χ1n) is 9.59. The van der Waals surface area contributed by atoms with Crippen molar-refractivity contribution < 1.29 is 5.21 Å². The minimum atomic E-state index is -0.175. The molecule has 1 unspecified atom stereocenters. The molecule has 2 aromatic rings. The highest BCUT2D eigenvalue weighted by molar-refractivity contribution is 7.15. The first-order valence-corrected chi connectivity index (χ1v) is 10.4. The predicted octanol–water partition coefficient (Wildman–Crippen LogP) is 5.93. The Labute approximate surface area is 160 Å². The summed E-state index contributed by atoms with van der Waals surface area (Å²) in [6.07, 6.45) is 4.11. The van der Waals surface area contributed by atoms with Crippen LogP contribution in [0.4, 0.5) is 0 Å². The molecular weight excluding hydrogens is 337 g/mol. The number of hydroxylamine groups is 2. The molecule has 1 aliphatic rings. The summed E-state index contributed by atoms with van der Waals surface area (Å²) in [5.41, 5.74) is 4.93.